The molecule has 6 heteroatoms. The molecule has 0 bridgehead atoms. The average molecular weight is 307 g/mol. The Morgan fingerprint density at radius 3 is 2.69 bits per heavy atom. The van der Waals surface area contributed by atoms with Gasteiger partial charge >= 0.3 is 0 Å². The van der Waals surface area contributed by atoms with Gasteiger partial charge < -0.3 is 5.73 Å². The van der Waals surface area contributed by atoms with E-state index >= 15 is 0 Å². The van der Waals surface area contributed by atoms with E-state index in [0.717, 1.165) is 5.56 Å². The van der Waals surface area contributed by atoms with E-state index in [9.17, 15) is 8.42 Å². The molecule has 0 amide bonds. The van der Waals surface area contributed by atoms with Gasteiger partial charge in [0.05, 0.1) is 4.90 Å². The van der Waals surface area contributed by atoms with E-state index in [-0.39, 0.29) is 17.5 Å². The third-order valence-corrected chi connectivity index (χ3v) is 5.10. The molecule has 1 atom stereocenters. The van der Waals surface area contributed by atoms with Crippen molar-refractivity contribution >= 4 is 26.0 Å². The summed E-state index contributed by atoms with van der Waals surface area (Å²) in [6.07, 6.45) is 0. The Morgan fingerprint density at radius 1 is 1.50 bits per heavy atom. The summed E-state index contributed by atoms with van der Waals surface area (Å²) < 4.78 is 27.1. The molecule has 1 rings (SSSR count). The molecule has 3 N–H and O–H groups in total. The molecule has 0 aromatic heterocycles. The summed E-state index contributed by atoms with van der Waals surface area (Å²) in [6.45, 7) is 3.83. The summed E-state index contributed by atoms with van der Waals surface area (Å²) in [4.78, 5) is 0.243. The topological polar surface area (TPSA) is 72.2 Å². The fourth-order valence-corrected chi connectivity index (χ4v) is 3.52. The number of sulfonamides is 1. The van der Waals surface area contributed by atoms with Crippen LogP contribution in [-0.4, -0.2) is 21.0 Å². The molecule has 0 spiro atoms. The van der Waals surface area contributed by atoms with E-state index in [1.165, 1.54) is 0 Å². The smallest absolute Gasteiger partial charge is 0.241 e. The van der Waals surface area contributed by atoms with Crippen LogP contribution in [0, 0.1) is 6.92 Å². The van der Waals surface area contributed by atoms with E-state index in [1.54, 1.807) is 19.1 Å². The number of hydrogen-bond donors (Lipinski definition) is 2. The zero-order chi connectivity index (χ0) is 12.3. The minimum atomic E-state index is -3.50. The molecule has 90 valence electrons. The van der Waals surface area contributed by atoms with Crippen molar-refractivity contribution in [2.24, 2.45) is 5.73 Å². The first-order valence-electron chi connectivity index (χ1n) is 4.86. The minimum absolute atomic E-state index is 0.243. The maximum Gasteiger partial charge on any atom is 0.241 e. The van der Waals surface area contributed by atoms with E-state index < -0.39 is 10.0 Å². The fraction of sp³-hybridized carbons (Fsp3) is 0.400. The number of nitrogens with one attached hydrogen (secondary N) is 1. The van der Waals surface area contributed by atoms with Crippen molar-refractivity contribution in [2.45, 2.75) is 24.8 Å². The molecular formula is C10H15BrN2O2S. The van der Waals surface area contributed by atoms with Crippen molar-refractivity contribution in [3.8, 4) is 0 Å². The molecule has 0 radical (unpaired) electrons. The van der Waals surface area contributed by atoms with Crippen molar-refractivity contribution < 1.29 is 8.42 Å². The second kappa shape index (κ2) is 5.27. The molecule has 4 nitrogen and oxygen atoms in total. The monoisotopic (exact) mass is 306 g/mol. The number of aryl methyl sites for hydroxylation is 1. The largest absolute Gasteiger partial charge is 0.329 e. The van der Waals surface area contributed by atoms with Gasteiger partial charge in [-0.3, -0.25) is 0 Å². The van der Waals surface area contributed by atoms with Crippen LogP contribution in [0.3, 0.4) is 0 Å². The van der Waals surface area contributed by atoms with Crippen LogP contribution >= 0.6 is 15.9 Å². The Labute approximate surface area is 104 Å². The lowest BCUT2D eigenvalue weighted by molar-refractivity contribution is 0.562. The third-order valence-electron chi connectivity index (χ3n) is 2.16. The molecule has 0 saturated carbocycles. The average Bonchev–Trinajstić information content (AvgIpc) is 2.21. The van der Waals surface area contributed by atoms with Crippen molar-refractivity contribution in [3.05, 3.63) is 28.2 Å². The van der Waals surface area contributed by atoms with Crippen LogP contribution in [0.15, 0.2) is 27.6 Å². The first-order chi connectivity index (χ1) is 7.38. The fourth-order valence-electron chi connectivity index (χ4n) is 1.20. The number of rotatable bonds is 4. The molecule has 0 aliphatic rings. The molecule has 0 fully saturated rings. The highest BCUT2D eigenvalue weighted by Gasteiger charge is 2.19. The molecule has 0 saturated heterocycles. The number of benzene rings is 1. The molecule has 0 aliphatic heterocycles. The molecule has 1 aromatic rings. The van der Waals surface area contributed by atoms with Crippen molar-refractivity contribution in [2.75, 3.05) is 6.54 Å². The molecule has 0 heterocycles. The van der Waals surface area contributed by atoms with Crippen LogP contribution in [0.5, 0.6) is 0 Å². The maximum absolute atomic E-state index is 12.0. The minimum Gasteiger partial charge on any atom is -0.329 e. The zero-order valence-corrected chi connectivity index (χ0v) is 11.6. The van der Waals surface area contributed by atoms with Gasteiger partial charge in [-0.05, 0) is 41.4 Å². The van der Waals surface area contributed by atoms with Crippen LogP contribution in [0.1, 0.15) is 12.5 Å². The zero-order valence-electron chi connectivity index (χ0n) is 9.20. The SMILES string of the molecule is Cc1cccc(S(=O)(=O)N[C@@H](C)CN)c1Br. The van der Waals surface area contributed by atoms with E-state index in [4.69, 9.17) is 5.73 Å². The first-order valence-corrected chi connectivity index (χ1v) is 7.13. The molecular weight excluding hydrogens is 292 g/mol. The van der Waals surface area contributed by atoms with Crippen LogP contribution in [0.4, 0.5) is 0 Å². The summed E-state index contributed by atoms with van der Waals surface area (Å²) in [5.41, 5.74) is 6.26. The van der Waals surface area contributed by atoms with E-state index in [1.807, 2.05) is 13.0 Å². The summed E-state index contributed by atoms with van der Waals surface area (Å²) in [5, 5.41) is 0. The summed E-state index contributed by atoms with van der Waals surface area (Å²) in [7, 11) is -3.50. The maximum atomic E-state index is 12.0. The van der Waals surface area contributed by atoms with E-state index in [2.05, 4.69) is 20.7 Å². The van der Waals surface area contributed by atoms with Crippen molar-refractivity contribution in [1.29, 1.82) is 0 Å². The van der Waals surface area contributed by atoms with Gasteiger partial charge in [0.15, 0.2) is 0 Å². The Kier molecular flexibility index (Phi) is 4.49. The predicted octanol–water partition coefficient (Wildman–Crippen LogP) is 1.38. The van der Waals surface area contributed by atoms with Crippen LogP contribution in [0.2, 0.25) is 0 Å². The normalized spacial score (nSPS) is 13.8. The Morgan fingerprint density at radius 2 is 2.12 bits per heavy atom. The highest BCUT2D eigenvalue weighted by Crippen LogP contribution is 2.25. The van der Waals surface area contributed by atoms with Crippen molar-refractivity contribution in [3.63, 3.8) is 0 Å². The van der Waals surface area contributed by atoms with Crippen LogP contribution in [-0.2, 0) is 10.0 Å². The van der Waals surface area contributed by atoms with Gasteiger partial charge in [0.1, 0.15) is 0 Å². The molecule has 0 aliphatic carbocycles. The molecule has 0 unspecified atom stereocenters. The van der Waals surface area contributed by atoms with Crippen molar-refractivity contribution in [1.82, 2.24) is 4.72 Å². The van der Waals surface area contributed by atoms with Gasteiger partial charge in [-0.2, -0.15) is 0 Å². The second-order valence-corrected chi connectivity index (χ2v) is 6.12. The van der Waals surface area contributed by atoms with Gasteiger partial charge in [0.25, 0.3) is 0 Å². The Bertz CT molecular complexity index is 474. The van der Waals surface area contributed by atoms with E-state index in [0.29, 0.717) is 4.47 Å². The third kappa shape index (κ3) is 3.04. The molecule has 16 heavy (non-hydrogen) atoms. The Balaban J connectivity index is 3.13. The van der Waals surface area contributed by atoms with Gasteiger partial charge in [-0.1, -0.05) is 12.1 Å². The summed E-state index contributed by atoms with van der Waals surface area (Å²) >= 11 is 3.28. The Hall–Kier alpha value is -0.430. The highest BCUT2D eigenvalue weighted by atomic mass is 79.9. The molecule has 1 aromatic carbocycles. The first kappa shape index (κ1) is 13.6. The number of halogens is 1. The van der Waals surface area contributed by atoms with Crippen LogP contribution < -0.4 is 10.5 Å². The number of nitrogens with two attached hydrogens (primary N) is 1. The lowest BCUT2D eigenvalue weighted by atomic mass is 10.2. The number of hydrogen-bond acceptors (Lipinski definition) is 3. The summed E-state index contributed by atoms with van der Waals surface area (Å²) in [6, 6.07) is 4.83. The highest BCUT2D eigenvalue weighted by molar-refractivity contribution is 9.10. The van der Waals surface area contributed by atoms with Gasteiger partial charge in [-0.15, -0.1) is 0 Å². The van der Waals surface area contributed by atoms with Gasteiger partial charge in [0.2, 0.25) is 10.0 Å². The summed E-state index contributed by atoms with van der Waals surface area (Å²) in [5.74, 6) is 0. The van der Waals surface area contributed by atoms with Crippen LogP contribution in [0.25, 0.3) is 0 Å². The predicted molar refractivity (Wildman–Crippen MR) is 67.7 cm³/mol. The second-order valence-electron chi connectivity index (χ2n) is 3.65. The standard InChI is InChI=1S/C10H15BrN2O2S/c1-7-4-3-5-9(10(7)11)16(14,15)13-8(2)6-12/h3-5,8,13H,6,12H2,1-2H3/t8-/m0/s1. The van der Waals surface area contributed by atoms with Gasteiger partial charge in [0, 0.05) is 17.1 Å². The lowest BCUT2D eigenvalue weighted by Gasteiger charge is -2.13. The van der Waals surface area contributed by atoms with Gasteiger partial charge in [-0.25, -0.2) is 13.1 Å². The quantitative estimate of drug-likeness (QED) is 0.883. The lowest BCUT2D eigenvalue weighted by Crippen LogP contribution is -2.37.